The lowest BCUT2D eigenvalue weighted by Crippen LogP contribution is -2.10. The first kappa shape index (κ1) is 9.10. The Kier molecular flexibility index (Phi) is 3.14. The van der Waals surface area contributed by atoms with Crippen LogP contribution in [0.2, 0.25) is 0 Å². The molecule has 0 saturated carbocycles. The summed E-state index contributed by atoms with van der Waals surface area (Å²) in [6, 6.07) is 1.99. The van der Waals surface area contributed by atoms with Gasteiger partial charge in [-0.2, -0.15) is 5.10 Å². The standard InChI is InChI=1S/C9H17N3/c1-4-8(2)7-10-9-5-6-12(3)11-9/h5-6,8H,4,7H2,1-3H3,(H,10,11)/t8-/m0/s1. The van der Waals surface area contributed by atoms with E-state index in [2.05, 4.69) is 24.3 Å². The van der Waals surface area contributed by atoms with Crippen LogP contribution in [0.5, 0.6) is 0 Å². The molecule has 0 aromatic carbocycles. The normalized spacial score (nSPS) is 12.9. The molecule has 12 heavy (non-hydrogen) atoms. The van der Waals surface area contributed by atoms with Crippen LogP contribution in [0.4, 0.5) is 5.82 Å². The SMILES string of the molecule is CC[C@H](C)CNc1ccn(C)n1. The van der Waals surface area contributed by atoms with Gasteiger partial charge in [-0.1, -0.05) is 20.3 Å². The van der Waals surface area contributed by atoms with E-state index in [1.54, 1.807) is 4.68 Å². The highest BCUT2D eigenvalue weighted by Gasteiger charge is 1.99. The fraction of sp³-hybridized carbons (Fsp3) is 0.667. The Morgan fingerprint density at radius 1 is 1.67 bits per heavy atom. The molecule has 0 radical (unpaired) electrons. The van der Waals surface area contributed by atoms with Crippen LogP contribution in [0.3, 0.4) is 0 Å². The highest BCUT2D eigenvalue weighted by molar-refractivity contribution is 5.31. The number of hydrogen-bond acceptors (Lipinski definition) is 2. The maximum atomic E-state index is 4.22. The van der Waals surface area contributed by atoms with Gasteiger partial charge in [0.05, 0.1) is 0 Å². The van der Waals surface area contributed by atoms with Crippen molar-refractivity contribution in [3.63, 3.8) is 0 Å². The van der Waals surface area contributed by atoms with Gasteiger partial charge in [-0.3, -0.25) is 4.68 Å². The largest absolute Gasteiger partial charge is 0.368 e. The number of rotatable bonds is 4. The molecule has 1 heterocycles. The highest BCUT2D eigenvalue weighted by atomic mass is 15.3. The minimum absolute atomic E-state index is 0.715. The Morgan fingerprint density at radius 2 is 2.42 bits per heavy atom. The van der Waals surface area contributed by atoms with E-state index < -0.39 is 0 Å². The van der Waals surface area contributed by atoms with Gasteiger partial charge in [0, 0.05) is 25.9 Å². The quantitative estimate of drug-likeness (QED) is 0.742. The van der Waals surface area contributed by atoms with Crippen LogP contribution in [-0.2, 0) is 7.05 Å². The average molecular weight is 167 g/mol. The number of nitrogens with one attached hydrogen (secondary N) is 1. The van der Waals surface area contributed by atoms with Gasteiger partial charge in [-0.25, -0.2) is 0 Å². The van der Waals surface area contributed by atoms with Gasteiger partial charge in [0.2, 0.25) is 0 Å². The highest BCUT2D eigenvalue weighted by Crippen LogP contribution is 2.04. The van der Waals surface area contributed by atoms with Gasteiger partial charge in [0.1, 0.15) is 5.82 Å². The fourth-order valence-electron chi connectivity index (χ4n) is 0.932. The molecule has 0 fully saturated rings. The Bertz CT molecular complexity index is 229. The van der Waals surface area contributed by atoms with E-state index in [-0.39, 0.29) is 0 Å². The lowest BCUT2D eigenvalue weighted by atomic mass is 10.1. The zero-order valence-electron chi connectivity index (χ0n) is 8.04. The van der Waals surface area contributed by atoms with Crippen molar-refractivity contribution in [3.8, 4) is 0 Å². The minimum Gasteiger partial charge on any atom is -0.368 e. The van der Waals surface area contributed by atoms with Gasteiger partial charge in [-0.15, -0.1) is 0 Å². The van der Waals surface area contributed by atoms with Crippen LogP contribution < -0.4 is 5.32 Å². The van der Waals surface area contributed by atoms with E-state index in [4.69, 9.17) is 0 Å². The maximum absolute atomic E-state index is 4.22. The molecule has 0 bridgehead atoms. The van der Waals surface area contributed by atoms with E-state index >= 15 is 0 Å². The first-order chi connectivity index (χ1) is 5.72. The number of aromatic nitrogens is 2. The molecule has 0 spiro atoms. The van der Waals surface area contributed by atoms with Crippen LogP contribution in [-0.4, -0.2) is 16.3 Å². The van der Waals surface area contributed by atoms with Crippen LogP contribution >= 0.6 is 0 Å². The van der Waals surface area contributed by atoms with Crippen LogP contribution in [0, 0.1) is 5.92 Å². The third kappa shape index (κ3) is 2.57. The topological polar surface area (TPSA) is 29.9 Å². The summed E-state index contributed by atoms with van der Waals surface area (Å²) in [6.45, 7) is 5.44. The molecule has 3 heteroatoms. The van der Waals surface area contributed by atoms with Crippen molar-refractivity contribution >= 4 is 5.82 Å². The Morgan fingerprint density at radius 3 is 2.92 bits per heavy atom. The van der Waals surface area contributed by atoms with Gasteiger partial charge >= 0.3 is 0 Å². The third-order valence-electron chi connectivity index (χ3n) is 2.04. The van der Waals surface area contributed by atoms with Gasteiger partial charge < -0.3 is 5.32 Å². The summed E-state index contributed by atoms with van der Waals surface area (Å²) in [7, 11) is 1.93. The van der Waals surface area contributed by atoms with Gasteiger partial charge in [0.15, 0.2) is 0 Å². The van der Waals surface area contributed by atoms with Crippen molar-refractivity contribution in [2.45, 2.75) is 20.3 Å². The zero-order valence-corrected chi connectivity index (χ0v) is 8.04. The molecule has 1 aromatic rings. The number of anilines is 1. The van der Waals surface area contributed by atoms with Crippen molar-refractivity contribution < 1.29 is 0 Å². The summed E-state index contributed by atoms with van der Waals surface area (Å²) in [5, 5.41) is 7.51. The molecule has 0 unspecified atom stereocenters. The molecular formula is C9H17N3. The molecule has 0 aliphatic rings. The van der Waals surface area contributed by atoms with E-state index in [0.717, 1.165) is 12.4 Å². The Labute approximate surface area is 73.8 Å². The van der Waals surface area contributed by atoms with Crippen molar-refractivity contribution in [1.82, 2.24) is 9.78 Å². The average Bonchev–Trinajstić information content (AvgIpc) is 2.47. The van der Waals surface area contributed by atoms with Crippen LogP contribution in [0.15, 0.2) is 12.3 Å². The fourth-order valence-corrected chi connectivity index (χ4v) is 0.932. The van der Waals surface area contributed by atoms with Crippen LogP contribution in [0.1, 0.15) is 20.3 Å². The summed E-state index contributed by atoms with van der Waals surface area (Å²) < 4.78 is 1.80. The molecule has 0 aliphatic heterocycles. The second kappa shape index (κ2) is 4.14. The monoisotopic (exact) mass is 167 g/mol. The molecule has 68 valence electrons. The van der Waals surface area contributed by atoms with E-state index in [0.29, 0.717) is 5.92 Å². The molecule has 3 nitrogen and oxygen atoms in total. The lowest BCUT2D eigenvalue weighted by molar-refractivity contribution is 0.591. The lowest BCUT2D eigenvalue weighted by Gasteiger charge is -2.08. The zero-order chi connectivity index (χ0) is 8.97. The van der Waals surface area contributed by atoms with Crippen molar-refractivity contribution in [3.05, 3.63) is 12.3 Å². The molecule has 0 aliphatic carbocycles. The predicted octanol–water partition coefficient (Wildman–Crippen LogP) is 1.88. The summed E-state index contributed by atoms with van der Waals surface area (Å²) in [5.41, 5.74) is 0. The third-order valence-corrected chi connectivity index (χ3v) is 2.04. The van der Waals surface area contributed by atoms with E-state index in [9.17, 15) is 0 Å². The van der Waals surface area contributed by atoms with Crippen molar-refractivity contribution in [2.24, 2.45) is 13.0 Å². The smallest absolute Gasteiger partial charge is 0.147 e. The summed E-state index contributed by atoms with van der Waals surface area (Å²) >= 11 is 0. The van der Waals surface area contributed by atoms with Crippen molar-refractivity contribution in [2.75, 3.05) is 11.9 Å². The van der Waals surface area contributed by atoms with Gasteiger partial charge in [0.25, 0.3) is 0 Å². The summed E-state index contributed by atoms with van der Waals surface area (Å²) in [4.78, 5) is 0. The van der Waals surface area contributed by atoms with E-state index in [1.165, 1.54) is 6.42 Å². The van der Waals surface area contributed by atoms with Crippen LogP contribution in [0.25, 0.3) is 0 Å². The first-order valence-electron chi connectivity index (χ1n) is 4.46. The number of nitrogens with zero attached hydrogens (tertiary/aromatic N) is 2. The number of hydrogen-bond donors (Lipinski definition) is 1. The maximum Gasteiger partial charge on any atom is 0.147 e. The van der Waals surface area contributed by atoms with Crippen molar-refractivity contribution in [1.29, 1.82) is 0 Å². The first-order valence-corrected chi connectivity index (χ1v) is 4.46. The second-order valence-electron chi connectivity index (χ2n) is 3.27. The summed E-state index contributed by atoms with van der Waals surface area (Å²) in [5.74, 6) is 1.69. The molecule has 0 amide bonds. The minimum atomic E-state index is 0.715. The molecule has 1 N–H and O–H groups in total. The molecule has 1 aromatic heterocycles. The second-order valence-corrected chi connectivity index (χ2v) is 3.27. The molecule has 0 saturated heterocycles. The number of aryl methyl sites for hydroxylation is 1. The molecule has 1 atom stereocenters. The predicted molar refractivity (Wildman–Crippen MR) is 51.2 cm³/mol. The van der Waals surface area contributed by atoms with E-state index in [1.807, 2.05) is 19.3 Å². The summed E-state index contributed by atoms with van der Waals surface area (Å²) in [6.07, 6.45) is 3.15. The molecule has 1 rings (SSSR count). The Hall–Kier alpha value is -0.990. The Balaban J connectivity index is 2.33. The molecular weight excluding hydrogens is 150 g/mol. The van der Waals surface area contributed by atoms with Gasteiger partial charge in [-0.05, 0) is 5.92 Å².